The Morgan fingerprint density at radius 3 is 1.51 bits per heavy atom. The molecule has 0 radical (unpaired) electrons. The van der Waals surface area contributed by atoms with E-state index in [-0.39, 0.29) is 12.8 Å². The first-order valence-electron chi connectivity index (χ1n) is 23.6. The summed E-state index contributed by atoms with van der Waals surface area (Å²) >= 11 is 0. The molecule has 1 rings (SSSR count). The van der Waals surface area contributed by atoms with E-state index >= 15 is 0 Å². The molecule has 11 heteroatoms. The van der Waals surface area contributed by atoms with E-state index in [1.165, 1.54) is 128 Å². The van der Waals surface area contributed by atoms with Gasteiger partial charge in [-0.15, -0.1) is 0 Å². The topological polar surface area (TPSA) is 189 Å². The van der Waals surface area contributed by atoms with Crippen molar-refractivity contribution in [3.63, 3.8) is 0 Å². The normalized spacial score (nSPS) is 22.2. The van der Waals surface area contributed by atoms with E-state index in [0.717, 1.165) is 38.5 Å². The fraction of sp³-hybridized carbons (Fsp3) is 0.935. The molecular formula is C46H89NO10. The molecule has 0 spiro atoms. The van der Waals surface area contributed by atoms with Crippen LogP contribution in [0.2, 0.25) is 0 Å². The SMILES string of the molecule is CCCCCCCCC/C=C\CCC[C@@H](O)[C@@H](O)[C@H](CO[C@@H]1O[C@H](CO)[C@@H](O)[C@H](O)[C@H]1O)NC(=O)[C@H](O)CCCCCCCCCCCCCCCCCCCC. The highest BCUT2D eigenvalue weighted by Gasteiger charge is 2.44. The Kier molecular flexibility index (Phi) is 34.7. The predicted molar refractivity (Wildman–Crippen MR) is 229 cm³/mol. The van der Waals surface area contributed by atoms with Crippen LogP contribution in [0.1, 0.15) is 206 Å². The van der Waals surface area contributed by atoms with Crippen molar-refractivity contribution in [2.24, 2.45) is 0 Å². The number of aliphatic hydroxyl groups excluding tert-OH is 7. The summed E-state index contributed by atoms with van der Waals surface area (Å²) in [5, 5.41) is 75.6. The molecule has 0 unspecified atom stereocenters. The van der Waals surface area contributed by atoms with Crippen LogP contribution in [-0.2, 0) is 14.3 Å². The minimum atomic E-state index is -1.66. The maximum absolute atomic E-state index is 13.1. The van der Waals surface area contributed by atoms with E-state index in [9.17, 15) is 40.5 Å². The van der Waals surface area contributed by atoms with Crippen molar-refractivity contribution in [2.75, 3.05) is 13.2 Å². The summed E-state index contributed by atoms with van der Waals surface area (Å²) in [6.07, 6.45) is 26.9. The molecule has 0 aromatic carbocycles. The van der Waals surface area contributed by atoms with Gasteiger partial charge in [0.1, 0.15) is 36.6 Å². The Balaban J connectivity index is 2.43. The van der Waals surface area contributed by atoms with Crippen molar-refractivity contribution in [1.29, 1.82) is 0 Å². The van der Waals surface area contributed by atoms with Crippen LogP contribution in [-0.4, -0.2) is 110 Å². The second-order valence-electron chi connectivity index (χ2n) is 16.8. The summed E-state index contributed by atoms with van der Waals surface area (Å²) in [4.78, 5) is 13.1. The van der Waals surface area contributed by atoms with Crippen LogP contribution in [0.15, 0.2) is 12.2 Å². The third-order valence-corrected chi connectivity index (χ3v) is 11.6. The van der Waals surface area contributed by atoms with Crippen molar-refractivity contribution >= 4 is 5.91 Å². The number of allylic oxidation sites excluding steroid dienone is 2. The monoisotopic (exact) mass is 816 g/mol. The first kappa shape index (κ1) is 53.9. The maximum Gasteiger partial charge on any atom is 0.249 e. The highest BCUT2D eigenvalue weighted by molar-refractivity contribution is 5.80. The van der Waals surface area contributed by atoms with Gasteiger partial charge in [0.2, 0.25) is 5.91 Å². The predicted octanol–water partition coefficient (Wildman–Crippen LogP) is 7.67. The first-order chi connectivity index (χ1) is 27.7. The average Bonchev–Trinajstić information content (AvgIpc) is 3.21. The molecule has 0 aromatic heterocycles. The van der Waals surface area contributed by atoms with Crippen LogP contribution in [0.4, 0.5) is 0 Å². The molecule has 0 aromatic rings. The molecular weight excluding hydrogens is 727 g/mol. The third kappa shape index (κ3) is 26.6. The van der Waals surface area contributed by atoms with E-state index in [1.54, 1.807) is 0 Å². The second-order valence-corrected chi connectivity index (χ2v) is 16.8. The standard InChI is InChI=1S/C46H89NO10/c1-3-5-7-9-11-13-15-17-18-19-20-21-22-24-26-28-30-32-34-39(50)45(55)47-37(36-56-46-44(54)43(53)42(52)40(35-48)57-46)41(51)38(49)33-31-29-27-25-23-16-14-12-10-8-6-4-2/h25,27,37-44,46,48-54H,3-24,26,28-36H2,1-2H3,(H,47,55)/b27-25-/t37-,38+,39+,40+,41-,42+,43-,44+,46+/m0/s1. The zero-order valence-electron chi connectivity index (χ0n) is 36.3. The van der Waals surface area contributed by atoms with Gasteiger partial charge in [-0.3, -0.25) is 4.79 Å². The molecule has 0 aliphatic carbocycles. The number of aliphatic hydroxyl groups is 7. The Bertz CT molecular complexity index is 939. The molecule has 1 heterocycles. The molecule has 0 saturated carbocycles. The quantitative estimate of drug-likeness (QED) is 0.0226. The van der Waals surface area contributed by atoms with Gasteiger partial charge in [-0.1, -0.05) is 180 Å². The van der Waals surface area contributed by atoms with Crippen LogP contribution < -0.4 is 5.32 Å². The van der Waals surface area contributed by atoms with Gasteiger partial charge in [0.05, 0.1) is 25.4 Å². The number of ether oxygens (including phenoxy) is 2. The molecule has 8 N–H and O–H groups in total. The Hall–Kier alpha value is -1.15. The minimum absolute atomic E-state index is 0.259. The lowest BCUT2D eigenvalue weighted by molar-refractivity contribution is -0.303. The van der Waals surface area contributed by atoms with Crippen LogP contribution in [0, 0.1) is 0 Å². The van der Waals surface area contributed by atoms with Gasteiger partial charge in [0, 0.05) is 0 Å². The summed E-state index contributed by atoms with van der Waals surface area (Å²) in [5.74, 6) is -0.705. The first-order valence-corrected chi connectivity index (χ1v) is 23.6. The van der Waals surface area contributed by atoms with E-state index < -0.39 is 74.2 Å². The van der Waals surface area contributed by atoms with Crippen LogP contribution in [0.5, 0.6) is 0 Å². The number of carbonyl (C=O) groups is 1. The second kappa shape index (κ2) is 36.7. The number of rotatable bonds is 39. The van der Waals surface area contributed by atoms with Gasteiger partial charge in [-0.2, -0.15) is 0 Å². The molecule has 1 fully saturated rings. The van der Waals surface area contributed by atoms with Crippen molar-refractivity contribution in [3.05, 3.63) is 12.2 Å². The minimum Gasteiger partial charge on any atom is -0.394 e. The van der Waals surface area contributed by atoms with Gasteiger partial charge in [-0.25, -0.2) is 0 Å². The Morgan fingerprint density at radius 1 is 0.596 bits per heavy atom. The van der Waals surface area contributed by atoms with Gasteiger partial charge in [0.25, 0.3) is 0 Å². The average molecular weight is 816 g/mol. The van der Waals surface area contributed by atoms with Gasteiger partial charge in [0.15, 0.2) is 6.29 Å². The molecule has 1 saturated heterocycles. The summed E-state index contributed by atoms with van der Waals surface area (Å²) in [7, 11) is 0. The number of amides is 1. The summed E-state index contributed by atoms with van der Waals surface area (Å²) in [5.41, 5.74) is 0. The zero-order valence-corrected chi connectivity index (χ0v) is 36.3. The van der Waals surface area contributed by atoms with Gasteiger partial charge < -0.3 is 50.5 Å². The third-order valence-electron chi connectivity index (χ3n) is 11.6. The number of unbranched alkanes of at least 4 members (excludes halogenated alkanes) is 25. The molecule has 9 atom stereocenters. The maximum atomic E-state index is 13.1. The fourth-order valence-electron chi connectivity index (χ4n) is 7.62. The lowest BCUT2D eigenvalue weighted by atomic mass is 9.98. The highest BCUT2D eigenvalue weighted by atomic mass is 16.7. The zero-order chi connectivity index (χ0) is 41.9. The van der Waals surface area contributed by atoms with Crippen LogP contribution >= 0.6 is 0 Å². The lowest BCUT2D eigenvalue weighted by Gasteiger charge is -2.40. The van der Waals surface area contributed by atoms with E-state index in [0.29, 0.717) is 12.8 Å². The van der Waals surface area contributed by atoms with Crippen molar-refractivity contribution in [3.8, 4) is 0 Å². The van der Waals surface area contributed by atoms with E-state index in [2.05, 4.69) is 31.3 Å². The summed E-state index contributed by atoms with van der Waals surface area (Å²) in [6, 6.07) is -1.18. The molecule has 1 amide bonds. The summed E-state index contributed by atoms with van der Waals surface area (Å²) < 4.78 is 11.1. The number of hydrogen-bond acceptors (Lipinski definition) is 10. The molecule has 1 aliphatic rings. The Labute approximate surface area is 347 Å². The highest BCUT2D eigenvalue weighted by Crippen LogP contribution is 2.23. The van der Waals surface area contributed by atoms with Gasteiger partial charge in [-0.05, 0) is 38.5 Å². The van der Waals surface area contributed by atoms with E-state index in [4.69, 9.17) is 9.47 Å². The van der Waals surface area contributed by atoms with E-state index in [1.807, 2.05) is 0 Å². The van der Waals surface area contributed by atoms with Crippen LogP contribution in [0.25, 0.3) is 0 Å². The lowest BCUT2D eigenvalue weighted by Crippen LogP contribution is -2.60. The number of carbonyl (C=O) groups excluding carboxylic acids is 1. The molecule has 0 bridgehead atoms. The van der Waals surface area contributed by atoms with Crippen molar-refractivity contribution < 1.29 is 50.0 Å². The Morgan fingerprint density at radius 2 is 1.04 bits per heavy atom. The smallest absolute Gasteiger partial charge is 0.249 e. The van der Waals surface area contributed by atoms with Gasteiger partial charge >= 0.3 is 0 Å². The van der Waals surface area contributed by atoms with Crippen LogP contribution in [0.3, 0.4) is 0 Å². The molecule has 1 aliphatic heterocycles. The number of hydrogen-bond donors (Lipinski definition) is 8. The van der Waals surface area contributed by atoms with Crippen molar-refractivity contribution in [2.45, 2.75) is 262 Å². The van der Waals surface area contributed by atoms with Crippen molar-refractivity contribution in [1.82, 2.24) is 5.32 Å². The molecule has 57 heavy (non-hydrogen) atoms. The molecule has 11 nitrogen and oxygen atoms in total. The summed E-state index contributed by atoms with van der Waals surface area (Å²) in [6.45, 7) is 3.42. The number of nitrogens with one attached hydrogen (secondary N) is 1. The fourth-order valence-corrected chi connectivity index (χ4v) is 7.62. The largest absolute Gasteiger partial charge is 0.394 e. The molecule has 338 valence electrons.